The van der Waals surface area contributed by atoms with Gasteiger partial charge in [-0.1, -0.05) is 39.7 Å². The van der Waals surface area contributed by atoms with Crippen molar-refractivity contribution in [2.45, 2.75) is 86.2 Å². The molecule has 0 saturated carbocycles. The Bertz CT molecular complexity index is 1350. The first kappa shape index (κ1) is 32.6. The van der Waals surface area contributed by atoms with Crippen LogP contribution in [0.5, 0.6) is 0 Å². The lowest BCUT2D eigenvalue weighted by Crippen LogP contribution is -2.39. The van der Waals surface area contributed by atoms with Crippen LogP contribution in [-0.4, -0.2) is 87.5 Å². The molecule has 0 unspecified atom stereocenters. The van der Waals surface area contributed by atoms with E-state index in [1.165, 1.54) is 12.8 Å². The minimum absolute atomic E-state index is 0.0549. The summed E-state index contributed by atoms with van der Waals surface area (Å²) in [6.07, 6.45) is 8.73. The van der Waals surface area contributed by atoms with Gasteiger partial charge in [0.1, 0.15) is 22.6 Å². The number of rotatable bonds is 9. The van der Waals surface area contributed by atoms with Gasteiger partial charge in [-0.25, -0.2) is 9.78 Å². The standard InChI is InChI=1S/C35H51N5O3/c1-26(2)14-21-38(22-15-27(3)4)33(41)29-12-13-31-36-32(28-16-23-39(24-17-28)34(42)43-35(5,6)7)30(40(31)25-29)11-10-20-37-18-8-9-19-37/h12-13,16,25-27H,8-9,14-15,17-24H2,1-7H3. The van der Waals surface area contributed by atoms with E-state index in [1.807, 2.05) is 48.4 Å². The molecule has 2 aliphatic heterocycles. The van der Waals surface area contributed by atoms with Crippen molar-refractivity contribution < 1.29 is 14.3 Å². The molecule has 4 rings (SSSR count). The van der Waals surface area contributed by atoms with Crippen LogP contribution in [0.15, 0.2) is 24.4 Å². The molecule has 2 amide bonds. The molecule has 0 aliphatic carbocycles. The molecule has 0 spiro atoms. The predicted molar refractivity (Wildman–Crippen MR) is 173 cm³/mol. The summed E-state index contributed by atoms with van der Waals surface area (Å²) in [5.74, 6) is 7.95. The lowest BCUT2D eigenvalue weighted by atomic mass is 10.0. The van der Waals surface area contributed by atoms with Crippen molar-refractivity contribution in [2.75, 3.05) is 45.8 Å². The molecule has 1 fully saturated rings. The second kappa shape index (κ2) is 14.4. The Morgan fingerprint density at radius 2 is 1.70 bits per heavy atom. The summed E-state index contributed by atoms with van der Waals surface area (Å²) in [6.45, 7) is 19.8. The van der Waals surface area contributed by atoms with E-state index in [4.69, 9.17) is 9.72 Å². The highest BCUT2D eigenvalue weighted by Gasteiger charge is 2.26. The van der Waals surface area contributed by atoms with Gasteiger partial charge >= 0.3 is 6.09 Å². The number of fused-ring (bicyclic) bond motifs is 1. The van der Waals surface area contributed by atoms with Crippen LogP contribution in [-0.2, 0) is 4.74 Å². The maximum Gasteiger partial charge on any atom is 0.410 e. The number of aromatic nitrogens is 2. The van der Waals surface area contributed by atoms with Crippen LogP contribution in [0.1, 0.15) is 102 Å². The number of carbonyl (C=O) groups is 2. The van der Waals surface area contributed by atoms with Crippen molar-refractivity contribution in [3.8, 4) is 11.8 Å². The number of amides is 2. The number of carbonyl (C=O) groups excluding carboxylic acids is 2. The smallest absolute Gasteiger partial charge is 0.410 e. The Hall–Kier alpha value is -3.31. The van der Waals surface area contributed by atoms with Crippen molar-refractivity contribution in [1.29, 1.82) is 0 Å². The van der Waals surface area contributed by atoms with Gasteiger partial charge in [0.25, 0.3) is 5.91 Å². The van der Waals surface area contributed by atoms with Gasteiger partial charge in [0, 0.05) is 32.4 Å². The second-order valence-corrected chi connectivity index (χ2v) is 13.8. The summed E-state index contributed by atoms with van der Waals surface area (Å²) < 4.78 is 7.57. The molecule has 2 aromatic rings. The van der Waals surface area contributed by atoms with Crippen LogP contribution in [0.25, 0.3) is 11.2 Å². The molecule has 234 valence electrons. The van der Waals surface area contributed by atoms with E-state index in [-0.39, 0.29) is 12.0 Å². The monoisotopic (exact) mass is 589 g/mol. The molecule has 4 heterocycles. The summed E-state index contributed by atoms with van der Waals surface area (Å²) in [5, 5.41) is 0. The van der Waals surface area contributed by atoms with Crippen LogP contribution in [0.2, 0.25) is 0 Å². The largest absolute Gasteiger partial charge is 0.444 e. The van der Waals surface area contributed by atoms with Crippen LogP contribution < -0.4 is 0 Å². The molecule has 2 aliphatic rings. The number of nitrogens with zero attached hydrogens (tertiary/aromatic N) is 5. The van der Waals surface area contributed by atoms with E-state index in [2.05, 4.69) is 50.5 Å². The maximum atomic E-state index is 13.8. The molecule has 0 N–H and O–H groups in total. The lowest BCUT2D eigenvalue weighted by molar-refractivity contribution is 0.0270. The third-order valence-corrected chi connectivity index (χ3v) is 7.98. The van der Waals surface area contributed by atoms with E-state index >= 15 is 0 Å². The Morgan fingerprint density at radius 1 is 1.02 bits per heavy atom. The van der Waals surface area contributed by atoms with Crippen LogP contribution in [0.3, 0.4) is 0 Å². The van der Waals surface area contributed by atoms with E-state index in [0.29, 0.717) is 36.9 Å². The highest BCUT2D eigenvalue weighted by molar-refractivity contribution is 5.94. The molecule has 1 saturated heterocycles. The predicted octanol–water partition coefficient (Wildman–Crippen LogP) is 6.34. The molecule has 8 nitrogen and oxygen atoms in total. The van der Waals surface area contributed by atoms with Gasteiger partial charge in [-0.15, -0.1) is 0 Å². The van der Waals surface area contributed by atoms with Gasteiger partial charge < -0.3 is 14.5 Å². The van der Waals surface area contributed by atoms with Crippen LogP contribution in [0.4, 0.5) is 4.79 Å². The maximum absolute atomic E-state index is 13.8. The molecule has 0 aromatic carbocycles. The van der Waals surface area contributed by atoms with E-state index in [1.54, 1.807) is 4.90 Å². The van der Waals surface area contributed by atoms with Crippen LogP contribution in [0, 0.1) is 23.7 Å². The fourth-order valence-corrected chi connectivity index (χ4v) is 5.39. The summed E-state index contributed by atoms with van der Waals surface area (Å²) >= 11 is 0. The van der Waals surface area contributed by atoms with E-state index < -0.39 is 5.60 Å². The van der Waals surface area contributed by atoms with Crippen molar-refractivity contribution in [2.24, 2.45) is 11.8 Å². The Morgan fingerprint density at radius 3 is 2.28 bits per heavy atom. The number of hydrogen-bond donors (Lipinski definition) is 0. The normalized spacial score (nSPS) is 16.0. The van der Waals surface area contributed by atoms with Gasteiger partial charge in [-0.2, -0.15) is 0 Å². The summed E-state index contributed by atoms with van der Waals surface area (Å²) in [6, 6.07) is 3.83. The van der Waals surface area contributed by atoms with Crippen molar-refractivity contribution in [1.82, 2.24) is 24.1 Å². The third-order valence-electron chi connectivity index (χ3n) is 7.98. The molecule has 8 heteroatoms. The number of ether oxygens (including phenoxy) is 1. The zero-order valence-corrected chi connectivity index (χ0v) is 27.4. The highest BCUT2D eigenvalue weighted by Crippen LogP contribution is 2.27. The van der Waals surface area contributed by atoms with Crippen molar-refractivity contribution in [3.05, 3.63) is 41.4 Å². The fraction of sp³-hybridized carbons (Fsp3) is 0.629. The second-order valence-electron chi connectivity index (χ2n) is 13.8. The Kier molecular flexibility index (Phi) is 10.9. The van der Waals surface area contributed by atoms with Gasteiger partial charge in [0.05, 0.1) is 12.1 Å². The quantitative estimate of drug-likeness (QED) is 0.319. The molecular weight excluding hydrogens is 538 g/mol. The lowest BCUT2D eigenvalue weighted by Gasteiger charge is -2.29. The van der Waals surface area contributed by atoms with E-state index in [0.717, 1.165) is 68.2 Å². The first-order valence-corrected chi connectivity index (χ1v) is 16.1. The zero-order chi connectivity index (χ0) is 31.1. The first-order valence-electron chi connectivity index (χ1n) is 16.1. The Labute approximate surface area is 258 Å². The SMILES string of the molecule is CC(C)CCN(CCC(C)C)C(=O)c1ccc2nc(C3=CCN(C(=O)OC(C)(C)C)CC3)c(C#CCN3CCCC3)n2c1. The minimum Gasteiger partial charge on any atom is -0.444 e. The fourth-order valence-electron chi connectivity index (χ4n) is 5.39. The average molecular weight is 590 g/mol. The van der Waals surface area contributed by atoms with Crippen LogP contribution >= 0.6 is 0 Å². The minimum atomic E-state index is -0.533. The van der Waals surface area contributed by atoms with E-state index in [9.17, 15) is 9.59 Å². The molecule has 0 atom stereocenters. The summed E-state index contributed by atoms with van der Waals surface area (Å²) in [4.78, 5) is 37.6. The topological polar surface area (TPSA) is 70.4 Å². The van der Waals surface area contributed by atoms with Crippen molar-refractivity contribution >= 4 is 23.2 Å². The number of likely N-dealkylation sites (tertiary alicyclic amines) is 1. The number of imidazole rings is 1. The number of hydrogen-bond acceptors (Lipinski definition) is 5. The molecule has 2 aromatic heterocycles. The van der Waals surface area contributed by atoms with Gasteiger partial charge in [-0.3, -0.25) is 14.1 Å². The van der Waals surface area contributed by atoms with Gasteiger partial charge in [-0.05, 0) is 101 Å². The first-order chi connectivity index (χ1) is 20.4. The van der Waals surface area contributed by atoms with Crippen molar-refractivity contribution in [3.63, 3.8) is 0 Å². The highest BCUT2D eigenvalue weighted by atomic mass is 16.6. The molecule has 0 bridgehead atoms. The van der Waals surface area contributed by atoms with Gasteiger partial charge in [0.15, 0.2) is 0 Å². The molecular formula is C35H51N5O3. The molecule has 43 heavy (non-hydrogen) atoms. The zero-order valence-electron chi connectivity index (χ0n) is 27.4. The van der Waals surface area contributed by atoms with Gasteiger partial charge in [0.2, 0.25) is 0 Å². The third kappa shape index (κ3) is 9.09. The number of pyridine rings is 1. The summed E-state index contributed by atoms with van der Waals surface area (Å²) in [7, 11) is 0. The Balaban J connectivity index is 1.66. The summed E-state index contributed by atoms with van der Waals surface area (Å²) in [5.41, 5.74) is 3.59. The molecule has 0 radical (unpaired) electrons. The average Bonchev–Trinajstić information content (AvgIpc) is 3.59.